The molecule has 0 amide bonds. The molecule has 136 valence electrons. The molecule has 0 aliphatic heterocycles. The number of hydrogen-bond acceptors (Lipinski definition) is 4. The highest BCUT2D eigenvalue weighted by molar-refractivity contribution is 7.89. The maximum atomic E-state index is 13.0. The topological polar surface area (TPSA) is 55.8 Å². The molecule has 0 aliphatic rings. The van der Waals surface area contributed by atoms with Gasteiger partial charge >= 0.3 is 0 Å². The number of benzene rings is 2. The van der Waals surface area contributed by atoms with Crippen molar-refractivity contribution in [3.05, 3.63) is 53.6 Å². The number of nitrogens with zero attached hydrogens (tertiary/aromatic N) is 1. The molecule has 6 heteroatoms. The van der Waals surface area contributed by atoms with Gasteiger partial charge in [0.05, 0.1) is 19.1 Å². The molecule has 2 rings (SSSR count). The van der Waals surface area contributed by atoms with Gasteiger partial charge in [-0.25, -0.2) is 8.42 Å². The van der Waals surface area contributed by atoms with Gasteiger partial charge in [0.15, 0.2) is 0 Å². The van der Waals surface area contributed by atoms with Crippen molar-refractivity contribution in [3.8, 4) is 11.5 Å². The summed E-state index contributed by atoms with van der Waals surface area (Å²) in [4.78, 5) is 0.259. The molecule has 0 saturated carbocycles. The average molecular weight is 363 g/mol. The molecular formula is C19H25NO4S. The van der Waals surface area contributed by atoms with Gasteiger partial charge in [-0.2, -0.15) is 4.31 Å². The third kappa shape index (κ3) is 4.14. The zero-order valence-corrected chi connectivity index (χ0v) is 16.1. The van der Waals surface area contributed by atoms with Gasteiger partial charge in [-0.1, -0.05) is 32.0 Å². The molecule has 0 radical (unpaired) electrons. The van der Waals surface area contributed by atoms with Gasteiger partial charge in [0.25, 0.3) is 0 Å². The second kappa shape index (κ2) is 7.89. The molecule has 0 saturated heterocycles. The van der Waals surface area contributed by atoms with Gasteiger partial charge < -0.3 is 9.47 Å². The SMILES string of the molecule is COc1ccccc1CN(C)S(=O)(=O)c1ccc(OC)c(C(C)C)c1. The summed E-state index contributed by atoms with van der Waals surface area (Å²) in [6.07, 6.45) is 0. The molecule has 0 spiro atoms. The van der Waals surface area contributed by atoms with Crippen LogP contribution in [0.15, 0.2) is 47.4 Å². The lowest BCUT2D eigenvalue weighted by atomic mass is 10.0. The second-order valence-electron chi connectivity index (χ2n) is 6.13. The zero-order chi connectivity index (χ0) is 18.6. The van der Waals surface area contributed by atoms with E-state index in [0.29, 0.717) is 11.5 Å². The summed E-state index contributed by atoms with van der Waals surface area (Å²) < 4.78 is 37.9. The maximum Gasteiger partial charge on any atom is 0.243 e. The summed E-state index contributed by atoms with van der Waals surface area (Å²) in [6, 6.07) is 12.4. The van der Waals surface area contributed by atoms with Gasteiger partial charge in [-0.15, -0.1) is 0 Å². The van der Waals surface area contributed by atoms with Crippen molar-refractivity contribution in [2.24, 2.45) is 0 Å². The minimum atomic E-state index is -3.62. The van der Waals surface area contributed by atoms with E-state index in [-0.39, 0.29) is 17.4 Å². The minimum absolute atomic E-state index is 0.157. The van der Waals surface area contributed by atoms with E-state index in [1.165, 1.54) is 4.31 Å². The van der Waals surface area contributed by atoms with Crippen LogP contribution in [-0.2, 0) is 16.6 Å². The molecule has 0 aliphatic carbocycles. The fraction of sp³-hybridized carbons (Fsp3) is 0.368. The molecule has 25 heavy (non-hydrogen) atoms. The molecule has 0 bridgehead atoms. The summed E-state index contributed by atoms with van der Waals surface area (Å²) in [7, 11) is 1.11. The van der Waals surface area contributed by atoms with Gasteiger partial charge in [-0.3, -0.25) is 0 Å². The Hall–Kier alpha value is -2.05. The van der Waals surface area contributed by atoms with Crippen LogP contribution in [0.1, 0.15) is 30.9 Å². The first kappa shape index (κ1) is 19.3. The number of ether oxygens (including phenoxy) is 2. The number of hydrogen-bond donors (Lipinski definition) is 0. The van der Waals surface area contributed by atoms with E-state index in [0.717, 1.165) is 11.1 Å². The Labute approximate surface area is 150 Å². The summed E-state index contributed by atoms with van der Waals surface area (Å²) in [6.45, 7) is 4.25. The molecule has 0 heterocycles. The number of para-hydroxylation sites is 1. The van der Waals surface area contributed by atoms with E-state index in [2.05, 4.69) is 0 Å². The van der Waals surface area contributed by atoms with Crippen molar-refractivity contribution in [3.63, 3.8) is 0 Å². The first-order valence-corrected chi connectivity index (χ1v) is 9.51. The molecule has 0 fully saturated rings. The van der Waals surface area contributed by atoms with Crippen molar-refractivity contribution < 1.29 is 17.9 Å². The Morgan fingerprint density at radius 2 is 1.64 bits per heavy atom. The number of rotatable bonds is 7. The summed E-state index contributed by atoms with van der Waals surface area (Å²) in [5.74, 6) is 1.52. The van der Waals surface area contributed by atoms with Crippen LogP contribution >= 0.6 is 0 Å². The van der Waals surface area contributed by atoms with Crippen LogP contribution in [0.2, 0.25) is 0 Å². The van der Waals surface area contributed by atoms with Crippen molar-refractivity contribution in [1.29, 1.82) is 0 Å². The highest BCUT2D eigenvalue weighted by Gasteiger charge is 2.23. The minimum Gasteiger partial charge on any atom is -0.496 e. The quantitative estimate of drug-likeness (QED) is 0.753. The zero-order valence-electron chi connectivity index (χ0n) is 15.3. The number of methoxy groups -OCH3 is 2. The van der Waals surface area contributed by atoms with E-state index in [9.17, 15) is 8.42 Å². The Morgan fingerprint density at radius 3 is 2.24 bits per heavy atom. The molecule has 0 atom stereocenters. The third-order valence-corrected chi connectivity index (χ3v) is 5.92. The largest absolute Gasteiger partial charge is 0.496 e. The van der Waals surface area contributed by atoms with Crippen molar-refractivity contribution in [2.45, 2.75) is 31.2 Å². The van der Waals surface area contributed by atoms with Crippen LogP contribution in [-0.4, -0.2) is 34.0 Å². The average Bonchev–Trinajstić information content (AvgIpc) is 2.61. The molecule has 2 aromatic carbocycles. The summed E-state index contributed by atoms with van der Waals surface area (Å²) in [5.41, 5.74) is 1.68. The first-order valence-electron chi connectivity index (χ1n) is 8.07. The summed E-state index contributed by atoms with van der Waals surface area (Å²) >= 11 is 0. The van der Waals surface area contributed by atoms with Crippen LogP contribution < -0.4 is 9.47 Å². The van der Waals surface area contributed by atoms with E-state index in [4.69, 9.17) is 9.47 Å². The Morgan fingerprint density at radius 1 is 1.00 bits per heavy atom. The Balaban J connectivity index is 2.36. The highest BCUT2D eigenvalue weighted by Crippen LogP contribution is 2.30. The van der Waals surface area contributed by atoms with E-state index in [1.54, 1.807) is 39.5 Å². The van der Waals surface area contributed by atoms with Gasteiger partial charge in [-0.05, 0) is 35.7 Å². The van der Waals surface area contributed by atoms with Crippen LogP contribution in [0.25, 0.3) is 0 Å². The summed E-state index contributed by atoms with van der Waals surface area (Å²) in [5, 5.41) is 0. The smallest absolute Gasteiger partial charge is 0.243 e. The lowest BCUT2D eigenvalue weighted by Crippen LogP contribution is -2.26. The normalized spacial score (nSPS) is 11.8. The monoisotopic (exact) mass is 363 g/mol. The maximum absolute atomic E-state index is 13.0. The standard InChI is InChI=1S/C19H25NO4S/c1-14(2)17-12-16(10-11-19(17)24-5)25(21,22)20(3)13-15-8-6-7-9-18(15)23-4/h6-12,14H,13H2,1-5H3. The van der Waals surface area contributed by atoms with Crippen molar-refractivity contribution in [2.75, 3.05) is 21.3 Å². The first-order chi connectivity index (χ1) is 11.8. The van der Waals surface area contributed by atoms with Crippen molar-refractivity contribution in [1.82, 2.24) is 4.31 Å². The second-order valence-corrected chi connectivity index (χ2v) is 8.18. The van der Waals surface area contributed by atoms with Crippen molar-refractivity contribution >= 4 is 10.0 Å². The fourth-order valence-corrected chi connectivity index (χ4v) is 3.85. The molecule has 0 N–H and O–H groups in total. The van der Waals surface area contributed by atoms with E-state index < -0.39 is 10.0 Å². The molecule has 0 aromatic heterocycles. The lowest BCUT2D eigenvalue weighted by molar-refractivity contribution is 0.397. The van der Waals surface area contributed by atoms with Gasteiger partial charge in [0, 0.05) is 19.2 Å². The van der Waals surface area contributed by atoms with Gasteiger partial charge in [0.2, 0.25) is 10.0 Å². The predicted octanol–water partition coefficient (Wildman–Crippen LogP) is 3.65. The lowest BCUT2D eigenvalue weighted by Gasteiger charge is -2.20. The van der Waals surface area contributed by atoms with Crippen LogP contribution in [0.5, 0.6) is 11.5 Å². The van der Waals surface area contributed by atoms with Gasteiger partial charge in [0.1, 0.15) is 11.5 Å². The molecule has 0 unspecified atom stereocenters. The van der Waals surface area contributed by atoms with Crippen LogP contribution in [0, 0.1) is 0 Å². The van der Waals surface area contributed by atoms with E-state index >= 15 is 0 Å². The van der Waals surface area contributed by atoms with E-state index in [1.807, 2.05) is 38.1 Å². The third-order valence-electron chi connectivity index (χ3n) is 4.12. The van der Waals surface area contributed by atoms with Crippen LogP contribution in [0.4, 0.5) is 0 Å². The molecular weight excluding hydrogens is 338 g/mol. The fourth-order valence-electron chi connectivity index (χ4n) is 2.66. The Kier molecular flexibility index (Phi) is 6.08. The Bertz CT molecular complexity index is 831. The van der Waals surface area contributed by atoms with Crippen LogP contribution in [0.3, 0.4) is 0 Å². The molecule has 2 aromatic rings. The highest BCUT2D eigenvalue weighted by atomic mass is 32.2. The predicted molar refractivity (Wildman–Crippen MR) is 98.7 cm³/mol. The number of sulfonamides is 1. The molecule has 5 nitrogen and oxygen atoms in total.